The highest BCUT2D eigenvalue weighted by Crippen LogP contribution is 2.49. The van der Waals surface area contributed by atoms with E-state index in [0.29, 0.717) is 17.6 Å². The molecule has 56 heavy (non-hydrogen) atoms. The third-order valence-electron chi connectivity index (χ3n) is 11.2. The van der Waals surface area contributed by atoms with Gasteiger partial charge in [0.2, 0.25) is 5.95 Å². The molecule has 1 aliphatic carbocycles. The van der Waals surface area contributed by atoms with Gasteiger partial charge in [-0.1, -0.05) is 176 Å². The van der Waals surface area contributed by atoms with Crippen LogP contribution in [-0.2, 0) is 0 Å². The van der Waals surface area contributed by atoms with Gasteiger partial charge in [-0.15, -0.1) is 0 Å². The first-order chi connectivity index (χ1) is 27.8. The van der Waals surface area contributed by atoms with Crippen molar-refractivity contribution >= 4 is 21.8 Å². The summed E-state index contributed by atoms with van der Waals surface area (Å²) >= 11 is 0. The van der Waals surface area contributed by atoms with Crippen LogP contribution in [0, 0.1) is 0 Å². The number of rotatable bonds is 6. The van der Waals surface area contributed by atoms with Gasteiger partial charge in [0.15, 0.2) is 11.6 Å². The predicted molar refractivity (Wildman–Crippen MR) is 229 cm³/mol. The Kier molecular flexibility index (Phi) is 7.52. The van der Waals surface area contributed by atoms with Crippen LogP contribution in [0.2, 0.25) is 0 Å². The Labute approximate surface area is 325 Å². The molecule has 1 unspecified atom stereocenters. The van der Waals surface area contributed by atoms with Gasteiger partial charge in [-0.25, -0.2) is 4.98 Å². The van der Waals surface area contributed by atoms with Crippen LogP contribution in [0.25, 0.3) is 83.9 Å². The molecule has 0 saturated carbocycles. The van der Waals surface area contributed by atoms with Gasteiger partial charge in [-0.2, -0.15) is 9.97 Å². The molecule has 8 aromatic carbocycles. The van der Waals surface area contributed by atoms with Crippen molar-refractivity contribution in [2.75, 3.05) is 0 Å². The molecule has 262 valence electrons. The second-order valence-electron chi connectivity index (χ2n) is 14.4. The van der Waals surface area contributed by atoms with Crippen molar-refractivity contribution in [2.24, 2.45) is 0 Å². The van der Waals surface area contributed by atoms with E-state index in [1.165, 1.54) is 44.5 Å². The van der Waals surface area contributed by atoms with Gasteiger partial charge >= 0.3 is 0 Å². The van der Waals surface area contributed by atoms with Crippen molar-refractivity contribution in [2.45, 2.75) is 5.92 Å². The smallest absolute Gasteiger partial charge is 0.238 e. The van der Waals surface area contributed by atoms with E-state index in [0.717, 1.165) is 38.5 Å². The number of fused-ring (bicyclic) bond motifs is 6. The zero-order valence-electron chi connectivity index (χ0n) is 30.4. The average molecular weight is 715 g/mol. The van der Waals surface area contributed by atoms with E-state index in [1.54, 1.807) is 0 Å². The Bertz CT molecular complexity index is 3020. The molecule has 0 saturated heterocycles. The Morgan fingerprint density at radius 3 is 1.55 bits per heavy atom. The maximum atomic E-state index is 5.12. The van der Waals surface area contributed by atoms with E-state index in [1.807, 2.05) is 60.7 Å². The topological polar surface area (TPSA) is 43.6 Å². The summed E-state index contributed by atoms with van der Waals surface area (Å²) in [6, 6.07) is 71.2. The van der Waals surface area contributed by atoms with Gasteiger partial charge in [-0.3, -0.25) is 4.57 Å². The molecule has 2 aromatic heterocycles. The fourth-order valence-electron chi connectivity index (χ4n) is 8.61. The third-order valence-corrected chi connectivity index (χ3v) is 11.2. The molecule has 0 radical (unpaired) electrons. The first-order valence-corrected chi connectivity index (χ1v) is 19.1. The monoisotopic (exact) mass is 714 g/mol. The minimum Gasteiger partial charge on any atom is -0.278 e. The molecule has 0 fully saturated rings. The zero-order chi connectivity index (χ0) is 37.0. The van der Waals surface area contributed by atoms with Crippen molar-refractivity contribution in [3.63, 3.8) is 0 Å². The second kappa shape index (κ2) is 13.2. The van der Waals surface area contributed by atoms with E-state index in [-0.39, 0.29) is 5.92 Å². The van der Waals surface area contributed by atoms with Crippen molar-refractivity contribution in [3.8, 4) is 62.1 Å². The fraction of sp³-hybridized carbons (Fsp3) is 0.0192. The highest BCUT2D eigenvalue weighted by Gasteiger charge is 2.30. The lowest BCUT2D eigenvalue weighted by atomic mass is 9.88. The Morgan fingerprint density at radius 2 is 0.857 bits per heavy atom. The highest BCUT2D eigenvalue weighted by atomic mass is 15.2. The van der Waals surface area contributed by atoms with E-state index in [2.05, 4.69) is 144 Å². The lowest BCUT2D eigenvalue weighted by Crippen LogP contribution is -2.06. The molecule has 10 aromatic rings. The molecule has 1 aliphatic rings. The van der Waals surface area contributed by atoms with Gasteiger partial charge in [0, 0.05) is 27.8 Å². The Balaban J connectivity index is 1.06. The van der Waals surface area contributed by atoms with Gasteiger partial charge in [0.05, 0.1) is 11.0 Å². The fourth-order valence-corrected chi connectivity index (χ4v) is 8.61. The van der Waals surface area contributed by atoms with E-state index in [4.69, 9.17) is 15.0 Å². The van der Waals surface area contributed by atoms with Crippen LogP contribution in [-0.4, -0.2) is 19.5 Å². The van der Waals surface area contributed by atoms with Crippen molar-refractivity contribution in [1.82, 2.24) is 19.5 Å². The third kappa shape index (κ3) is 5.26. The molecule has 0 aliphatic heterocycles. The second-order valence-corrected chi connectivity index (χ2v) is 14.4. The quantitative estimate of drug-likeness (QED) is 0.172. The van der Waals surface area contributed by atoms with E-state index < -0.39 is 0 Å². The standard InChI is InChI=1S/C52H34N4/c1-4-16-34(17-5-1)49-43-26-13-12-24-41(43)45-32-37(28-30-44(45)49)39-22-10-11-23-40(39)38-29-31-48-46(33-38)42-25-14-15-27-47(42)56(48)52-54-50(35-18-6-2-7-19-35)53-51(55-52)36-20-8-3-9-21-36/h1-33,49H. The van der Waals surface area contributed by atoms with Gasteiger partial charge in [-0.05, 0) is 74.3 Å². The van der Waals surface area contributed by atoms with E-state index in [9.17, 15) is 0 Å². The van der Waals surface area contributed by atoms with Gasteiger partial charge < -0.3 is 0 Å². The summed E-state index contributed by atoms with van der Waals surface area (Å²) in [5.74, 6) is 2.09. The number of aromatic nitrogens is 4. The average Bonchev–Trinajstić information content (AvgIpc) is 3.79. The zero-order valence-corrected chi connectivity index (χ0v) is 30.4. The molecule has 2 heterocycles. The molecule has 4 heteroatoms. The molecular weight excluding hydrogens is 681 g/mol. The lowest BCUT2D eigenvalue weighted by Gasteiger charge is -2.15. The van der Waals surface area contributed by atoms with Crippen LogP contribution < -0.4 is 0 Å². The first kappa shape index (κ1) is 32.0. The normalized spacial score (nSPS) is 13.2. The molecule has 11 rings (SSSR count). The minimum absolute atomic E-state index is 0.225. The van der Waals surface area contributed by atoms with Crippen LogP contribution in [0.15, 0.2) is 200 Å². The SMILES string of the molecule is c1ccc(-c2nc(-c3ccccc3)nc(-n3c4ccccc4c4cc(-c5ccccc5-c5ccc6c(c5)-c5ccccc5C6c5ccccc5)ccc43)n2)cc1. The van der Waals surface area contributed by atoms with Crippen molar-refractivity contribution < 1.29 is 0 Å². The molecule has 0 N–H and O–H groups in total. The highest BCUT2D eigenvalue weighted by molar-refractivity contribution is 6.10. The summed E-state index contributed by atoms with van der Waals surface area (Å²) in [5.41, 5.74) is 15.4. The number of hydrogen-bond donors (Lipinski definition) is 0. The molecule has 1 atom stereocenters. The van der Waals surface area contributed by atoms with Gasteiger partial charge in [0.25, 0.3) is 0 Å². The molecule has 0 amide bonds. The summed E-state index contributed by atoms with van der Waals surface area (Å²) in [6.07, 6.45) is 0. The summed E-state index contributed by atoms with van der Waals surface area (Å²) in [7, 11) is 0. The van der Waals surface area contributed by atoms with Crippen LogP contribution >= 0.6 is 0 Å². The van der Waals surface area contributed by atoms with Crippen molar-refractivity contribution in [3.05, 3.63) is 217 Å². The summed E-state index contributed by atoms with van der Waals surface area (Å²) in [6.45, 7) is 0. The van der Waals surface area contributed by atoms with Crippen LogP contribution in [0.1, 0.15) is 22.6 Å². The lowest BCUT2D eigenvalue weighted by molar-refractivity contribution is 0.953. The molecule has 0 spiro atoms. The Morgan fingerprint density at radius 1 is 0.339 bits per heavy atom. The number of benzene rings is 8. The number of hydrogen-bond acceptors (Lipinski definition) is 3. The largest absolute Gasteiger partial charge is 0.278 e. The number of para-hydroxylation sites is 1. The predicted octanol–water partition coefficient (Wildman–Crippen LogP) is 12.8. The van der Waals surface area contributed by atoms with E-state index >= 15 is 0 Å². The molecular formula is C52H34N4. The number of nitrogens with zero attached hydrogens (tertiary/aromatic N) is 4. The maximum absolute atomic E-state index is 5.12. The minimum atomic E-state index is 0.225. The molecule has 4 nitrogen and oxygen atoms in total. The first-order valence-electron chi connectivity index (χ1n) is 19.1. The summed E-state index contributed by atoms with van der Waals surface area (Å²) in [5, 5.41) is 2.29. The summed E-state index contributed by atoms with van der Waals surface area (Å²) in [4.78, 5) is 15.2. The summed E-state index contributed by atoms with van der Waals surface area (Å²) < 4.78 is 2.18. The Hall–Kier alpha value is -7.43. The van der Waals surface area contributed by atoms with Crippen LogP contribution in [0.4, 0.5) is 0 Å². The van der Waals surface area contributed by atoms with Gasteiger partial charge in [0.1, 0.15) is 0 Å². The van der Waals surface area contributed by atoms with Crippen LogP contribution in [0.5, 0.6) is 0 Å². The van der Waals surface area contributed by atoms with Crippen LogP contribution in [0.3, 0.4) is 0 Å². The molecule has 0 bridgehead atoms. The maximum Gasteiger partial charge on any atom is 0.238 e. The van der Waals surface area contributed by atoms with Crippen molar-refractivity contribution in [1.29, 1.82) is 0 Å².